The summed E-state index contributed by atoms with van der Waals surface area (Å²) in [6, 6.07) is 5.77. The number of ether oxygens (including phenoxy) is 1. The number of hydrogen-bond acceptors (Lipinski definition) is 5. The predicted molar refractivity (Wildman–Crippen MR) is 143 cm³/mol. The first kappa shape index (κ1) is 28.1. The fraction of sp³-hybridized carbons (Fsp3) is 0.708. The van der Waals surface area contributed by atoms with E-state index in [1.54, 1.807) is 6.07 Å². The van der Waals surface area contributed by atoms with Gasteiger partial charge in [-0.3, -0.25) is 4.90 Å². The summed E-state index contributed by atoms with van der Waals surface area (Å²) in [7, 11) is 0. The first-order valence-corrected chi connectivity index (χ1v) is 12.0. The summed E-state index contributed by atoms with van der Waals surface area (Å²) in [5.74, 6) is 1.04. The van der Waals surface area contributed by atoms with Crippen molar-refractivity contribution in [2.24, 2.45) is 10.9 Å². The van der Waals surface area contributed by atoms with Crippen molar-refractivity contribution in [3.8, 4) is 0 Å². The highest BCUT2D eigenvalue weighted by atomic mass is 127. The summed E-state index contributed by atoms with van der Waals surface area (Å²) >= 11 is 0. The van der Waals surface area contributed by atoms with Crippen LogP contribution in [0.15, 0.2) is 23.2 Å². The van der Waals surface area contributed by atoms with E-state index in [9.17, 15) is 9.50 Å². The van der Waals surface area contributed by atoms with Crippen LogP contribution in [0.2, 0.25) is 0 Å². The van der Waals surface area contributed by atoms with Crippen molar-refractivity contribution < 1.29 is 14.2 Å². The van der Waals surface area contributed by atoms with Gasteiger partial charge in [-0.05, 0) is 43.4 Å². The molecule has 0 bridgehead atoms. The number of aliphatic imine (C=N–C) groups is 1. The molecule has 1 unspecified atom stereocenters. The number of rotatable bonds is 8. The van der Waals surface area contributed by atoms with Crippen molar-refractivity contribution in [3.05, 3.63) is 29.6 Å². The first-order chi connectivity index (χ1) is 15.5. The molecule has 0 radical (unpaired) electrons. The first-order valence-electron chi connectivity index (χ1n) is 12.0. The SMILES string of the molecule is CCNC(=NCc1ccc(N2CCC(O)CC2)c(F)c1)NCC(C(C)C)N1CCOCC1.I. The van der Waals surface area contributed by atoms with E-state index in [4.69, 9.17) is 9.73 Å². The smallest absolute Gasteiger partial charge is 0.191 e. The van der Waals surface area contributed by atoms with E-state index in [0.717, 1.165) is 50.9 Å². The standard InChI is InChI=1S/C24H40FN5O2.HI/c1-4-26-24(28-17-23(18(2)3)30-11-13-32-14-12-30)27-16-19-5-6-22(21(25)15-19)29-9-7-20(31)8-10-29;/h5-6,15,18,20,23,31H,4,7-14,16-17H2,1-3H3,(H2,26,27,28);1H. The van der Waals surface area contributed by atoms with Gasteiger partial charge in [-0.2, -0.15) is 0 Å². The molecular weight excluding hydrogens is 536 g/mol. The highest BCUT2D eigenvalue weighted by Crippen LogP contribution is 2.24. The van der Waals surface area contributed by atoms with E-state index >= 15 is 0 Å². The zero-order chi connectivity index (χ0) is 22.9. The third kappa shape index (κ3) is 8.52. The molecule has 9 heteroatoms. The van der Waals surface area contributed by atoms with Crippen LogP contribution >= 0.6 is 24.0 Å². The molecular formula is C24H41FIN5O2. The van der Waals surface area contributed by atoms with Gasteiger partial charge in [0.2, 0.25) is 0 Å². The highest BCUT2D eigenvalue weighted by molar-refractivity contribution is 14.0. The van der Waals surface area contributed by atoms with Gasteiger partial charge in [0.15, 0.2) is 5.96 Å². The predicted octanol–water partition coefficient (Wildman–Crippen LogP) is 2.82. The summed E-state index contributed by atoms with van der Waals surface area (Å²) in [4.78, 5) is 9.19. The summed E-state index contributed by atoms with van der Waals surface area (Å²) in [5.41, 5.74) is 1.45. The molecule has 0 spiro atoms. The Hall–Kier alpha value is -1.17. The molecule has 2 saturated heterocycles. The Kier molecular flexibility index (Phi) is 12.1. The number of anilines is 1. The van der Waals surface area contributed by atoms with Gasteiger partial charge in [0, 0.05) is 45.3 Å². The maximum Gasteiger partial charge on any atom is 0.191 e. The minimum absolute atomic E-state index is 0. The average Bonchev–Trinajstić information content (AvgIpc) is 2.79. The molecule has 2 heterocycles. The van der Waals surface area contributed by atoms with Crippen LogP contribution < -0.4 is 15.5 Å². The summed E-state index contributed by atoms with van der Waals surface area (Å²) in [6.45, 7) is 13.4. The maximum absolute atomic E-state index is 14.8. The van der Waals surface area contributed by atoms with E-state index in [0.29, 0.717) is 50.1 Å². The largest absolute Gasteiger partial charge is 0.393 e. The zero-order valence-corrected chi connectivity index (χ0v) is 22.6. The second kappa shape index (κ2) is 14.3. The molecule has 7 nitrogen and oxygen atoms in total. The fourth-order valence-corrected chi connectivity index (χ4v) is 4.42. The fourth-order valence-electron chi connectivity index (χ4n) is 4.42. The van der Waals surface area contributed by atoms with E-state index in [1.165, 1.54) is 0 Å². The van der Waals surface area contributed by atoms with Crippen molar-refractivity contribution in [1.29, 1.82) is 0 Å². The zero-order valence-electron chi connectivity index (χ0n) is 20.2. The number of guanidine groups is 1. The highest BCUT2D eigenvalue weighted by Gasteiger charge is 2.24. The second-order valence-corrected chi connectivity index (χ2v) is 9.04. The molecule has 3 N–H and O–H groups in total. The van der Waals surface area contributed by atoms with E-state index in [2.05, 4.69) is 29.4 Å². The number of morpholine rings is 1. The summed E-state index contributed by atoms with van der Waals surface area (Å²) in [5, 5.41) is 16.5. The third-order valence-corrected chi connectivity index (χ3v) is 6.34. The van der Waals surface area contributed by atoms with E-state index in [1.807, 2.05) is 24.0 Å². The number of aliphatic hydroxyl groups excluding tert-OH is 1. The molecule has 1 aromatic carbocycles. The molecule has 2 fully saturated rings. The summed E-state index contributed by atoms with van der Waals surface area (Å²) < 4.78 is 20.3. The number of hydrogen-bond donors (Lipinski definition) is 3. The minimum Gasteiger partial charge on any atom is -0.393 e. The van der Waals surface area contributed by atoms with Crippen LogP contribution in [0.4, 0.5) is 10.1 Å². The Bertz CT molecular complexity index is 738. The topological polar surface area (TPSA) is 72.4 Å². The van der Waals surface area contributed by atoms with Gasteiger partial charge in [-0.25, -0.2) is 9.38 Å². The van der Waals surface area contributed by atoms with Gasteiger partial charge in [0.1, 0.15) is 5.82 Å². The Morgan fingerprint density at radius 3 is 2.48 bits per heavy atom. The van der Waals surface area contributed by atoms with Crippen LogP contribution in [-0.2, 0) is 11.3 Å². The van der Waals surface area contributed by atoms with Crippen molar-refractivity contribution in [3.63, 3.8) is 0 Å². The number of aliphatic hydroxyl groups is 1. The Balaban J connectivity index is 0.00000385. The number of halogens is 2. The monoisotopic (exact) mass is 577 g/mol. The van der Waals surface area contributed by atoms with E-state index in [-0.39, 0.29) is 35.9 Å². The van der Waals surface area contributed by atoms with Crippen LogP contribution in [0.1, 0.15) is 39.2 Å². The lowest BCUT2D eigenvalue weighted by atomic mass is 10.0. The van der Waals surface area contributed by atoms with Gasteiger partial charge < -0.3 is 25.4 Å². The molecule has 188 valence electrons. The number of nitrogens with zero attached hydrogens (tertiary/aromatic N) is 3. The van der Waals surface area contributed by atoms with Gasteiger partial charge in [-0.1, -0.05) is 19.9 Å². The third-order valence-electron chi connectivity index (χ3n) is 6.34. The molecule has 33 heavy (non-hydrogen) atoms. The Morgan fingerprint density at radius 1 is 1.18 bits per heavy atom. The average molecular weight is 578 g/mol. The molecule has 3 rings (SSSR count). The van der Waals surface area contributed by atoms with Gasteiger partial charge >= 0.3 is 0 Å². The molecule has 1 atom stereocenters. The number of piperidine rings is 1. The second-order valence-electron chi connectivity index (χ2n) is 9.04. The Morgan fingerprint density at radius 2 is 1.88 bits per heavy atom. The molecule has 0 aromatic heterocycles. The lowest BCUT2D eigenvalue weighted by molar-refractivity contribution is 0.00752. The van der Waals surface area contributed by atoms with Crippen molar-refractivity contribution in [2.75, 3.05) is 57.4 Å². The van der Waals surface area contributed by atoms with Crippen molar-refractivity contribution >= 4 is 35.6 Å². The minimum atomic E-state index is -0.265. The quantitative estimate of drug-likeness (QED) is 0.251. The van der Waals surface area contributed by atoms with Crippen molar-refractivity contribution in [2.45, 2.75) is 52.3 Å². The van der Waals surface area contributed by atoms with Crippen LogP contribution in [0, 0.1) is 11.7 Å². The normalized spacial score (nSPS) is 19.3. The van der Waals surface area contributed by atoms with Gasteiger partial charge in [-0.15, -0.1) is 24.0 Å². The molecule has 0 saturated carbocycles. The number of nitrogens with one attached hydrogen (secondary N) is 2. The molecule has 1 aromatic rings. The lowest BCUT2D eigenvalue weighted by Gasteiger charge is -2.37. The van der Waals surface area contributed by atoms with Crippen LogP contribution in [0.25, 0.3) is 0 Å². The van der Waals surface area contributed by atoms with Gasteiger partial charge in [0.25, 0.3) is 0 Å². The number of benzene rings is 1. The van der Waals surface area contributed by atoms with Gasteiger partial charge in [0.05, 0.1) is 31.5 Å². The van der Waals surface area contributed by atoms with Crippen LogP contribution in [0.5, 0.6) is 0 Å². The van der Waals surface area contributed by atoms with Crippen LogP contribution in [-0.4, -0.2) is 80.6 Å². The lowest BCUT2D eigenvalue weighted by Crippen LogP contribution is -2.52. The maximum atomic E-state index is 14.8. The van der Waals surface area contributed by atoms with Crippen molar-refractivity contribution in [1.82, 2.24) is 15.5 Å². The molecule has 2 aliphatic rings. The molecule has 2 aliphatic heterocycles. The summed E-state index contributed by atoms with van der Waals surface area (Å²) in [6.07, 6.45) is 1.11. The Labute approximate surface area is 215 Å². The molecule has 0 amide bonds. The van der Waals surface area contributed by atoms with Crippen LogP contribution in [0.3, 0.4) is 0 Å². The van der Waals surface area contributed by atoms with E-state index < -0.39 is 0 Å². The molecule has 0 aliphatic carbocycles.